The molecule has 1 amide bonds. The number of amides is 1. The van der Waals surface area contributed by atoms with Crippen molar-refractivity contribution >= 4 is 45.7 Å². The molecule has 216 valence electrons. The van der Waals surface area contributed by atoms with E-state index >= 15 is 8.78 Å². The van der Waals surface area contributed by atoms with Crippen LogP contribution >= 0.6 is 11.6 Å². The number of hydrogen-bond acceptors (Lipinski definition) is 6. The van der Waals surface area contributed by atoms with Gasteiger partial charge in [-0.2, -0.15) is 4.39 Å². The van der Waals surface area contributed by atoms with Gasteiger partial charge in [-0.05, 0) is 67.7 Å². The Kier molecular flexibility index (Phi) is 8.63. The maximum Gasteiger partial charge on any atom is 0.330 e. The first-order valence-electron chi connectivity index (χ1n) is 13.7. The maximum atomic E-state index is 16.4. The van der Waals surface area contributed by atoms with E-state index in [2.05, 4.69) is 10.3 Å². The zero-order chi connectivity index (χ0) is 29.1. The van der Waals surface area contributed by atoms with Gasteiger partial charge in [0, 0.05) is 31.1 Å². The highest BCUT2D eigenvalue weighted by atomic mass is 35.5. The average Bonchev–Trinajstić information content (AvgIpc) is 3.51. The number of carbonyl (C=O) groups is 3. The predicted molar refractivity (Wildman–Crippen MR) is 149 cm³/mol. The topological polar surface area (TPSA) is 109 Å². The Balaban J connectivity index is 1.32. The van der Waals surface area contributed by atoms with E-state index in [-0.39, 0.29) is 22.0 Å². The van der Waals surface area contributed by atoms with Gasteiger partial charge in [-0.25, -0.2) is 9.29 Å². The molecule has 0 spiro atoms. The lowest BCUT2D eigenvalue weighted by Gasteiger charge is -2.37. The number of benzene rings is 2. The van der Waals surface area contributed by atoms with Crippen LogP contribution in [-0.4, -0.2) is 57.8 Å². The molecule has 1 aliphatic carbocycles. The fourth-order valence-electron chi connectivity index (χ4n) is 5.55. The Morgan fingerprint density at radius 3 is 2.51 bits per heavy atom. The molecule has 2 aromatic carbocycles. The number of Topliss-reactive ketones (excluding diaryl/α,β-unsaturated/α-hetero) is 1. The third-order valence-corrected chi connectivity index (χ3v) is 8.14. The molecular weight excluding hydrogens is 556 g/mol. The lowest BCUT2D eigenvalue weighted by Crippen LogP contribution is -2.54. The van der Waals surface area contributed by atoms with Crippen molar-refractivity contribution in [3.63, 3.8) is 0 Å². The second kappa shape index (κ2) is 12.2. The van der Waals surface area contributed by atoms with Crippen LogP contribution < -0.4 is 5.32 Å². The number of carboxylic acid groups (broad SMARTS) is 1. The van der Waals surface area contributed by atoms with Gasteiger partial charge >= 0.3 is 11.9 Å². The number of halogens is 3. The normalized spacial score (nSPS) is 21.0. The summed E-state index contributed by atoms with van der Waals surface area (Å²) in [6, 6.07) is 11.2. The minimum atomic E-state index is -2.77. The number of aliphatic carboxylic acids is 1. The van der Waals surface area contributed by atoms with Crippen LogP contribution in [0.5, 0.6) is 0 Å². The highest BCUT2D eigenvalue weighted by Crippen LogP contribution is 2.35. The summed E-state index contributed by atoms with van der Waals surface area (Å²) in [5.74, 6) is -6.58. The number of hydrogen-bond donors (Lipinski definition) is 2. The van der Waals surface area contributed by atoms with Gasteiger partial charge in [0.05, 0.1) is 22.7 Å². The molecule has 1 saturated heterocycles. The van der Waals surface area contributed by atoms with E-state index in [9.17, 15) is 19.5 Å². The molecule has 0 bridgehead atoms. The van der Waals surface area contributed by atoms with Crippen LogP contribution in [0.1, 0.15) is 54.6 Å². The molecular formula is C30H30ClF2N3O5. The van der Waals surface area contributed by atoms with Gasteiger partial charge in [0.1, 0.15) is 11.5 Å². The van der Waals surface area contributed by atoms with E-state index in [1.54, 1.807) is 18.2 Å². The first-order valence-corrected chi connectivity index (χ1v) is 14.0. The molecule has 5 rings (SSSR count). The zero-order valence-corrected chi connectivity index (χ0v) is 23.0. The van der Waals surface area contributed by atoms with Crippen molar-refractivity contribution < 1.29 is 33.0 Å². The SMILES string of the molecule is O=C(Nc1cc(F)c(CC(=O)C(F)(OC2CCC(C(=O)O)CC2)N2CCCC2)cc1Cl)c1nccc2ccccc12. The number of anilines is 1. The lowest BCUT2D eigenvalue weighted by molar-refractivity contribution is -0.252. The fourth-order valence-corrected chi connectivity index (χ4v) is 5.79. The second-order valence-corrected chi connectivity index (χ2v) is 11.0. The van der Waals surface area contributed by atoms with E-state index in [0.29, 0.717) is 57.0 Å². The lowest BCUT2D eigenvalue weighted by atomic mass is 9.87. The van der Waals surface area contributed by atoms with Crippen LogP contribution in [0, 0.1) is 11.7 Å². The van der Waals surface area contributed by atoms with Crippen molar-refractivity contribution in [1.82, 2.24) is 9.88 Å². The number of fused-ring (bicyclic) bond motifs is 1. The number of nitrogens with one attached hydrogen (secondary N) is 1. The smallest absolute Gasteiger partial charge is 0.330 e. The van der Waals surface area contributed by atoms with Gasteiger partial charge in [-0.15, -0.1) is 0 Å². The monoisotopic (exact) mass is 585 g/mol. The highest BCUT2D eigenvalue weighted by Gasteiger charge is 2.49. The van der Waals surface area contributed by atoms with Crippen molar-refractivity contribution in [2.24, 2.45) is 5.92 Å². The van der Waals surface area contributed by atoms with Gasteiger partial charge < -0.3 is 15.2 Å². The number of nitrogens with zero attached hydrogens (tertiary/aromatic N) is 2. The van der Waals surface area contributed by atoms with E-state index < -0.39 is 47.9 Å². The quantitative estimate of drug-likeness (QED) is 0.307. The van der Waals surface area contributed by atoms with Crippen LogP contribution in [0.2, 0.25) is 5.02 Å². The number of ketones is 1. The summed E-state index contributed by atoms with van der Waals surface area (Å²) in [5.41, 5.74) is -0.0144. The fraction of sp³-hybridized carbons (Fsp3) is 0.400. The minimum Gasteiger partial charge on any atom is -0.481 e. The molecule has 1 aliphatic heterocycles. The van der Waals surface area contributed by atoms with E-state index in [1.807, 2.05) is 12.1 Å². The molecule has 1 unspecified atom stereocenters. The second-order valence-electron chi connectivity index (χ2n) is 10.5. The molecule has 2 aliphatic rings. The number of carboxylic acids is 1. The molecule has 2 heterocycles. The van der Waals surface area contributed by atoms with Crippen LogP contribution in [-0.2, 0) is 20.7 Å². The largest absolute Gasteiger partial charge is 0.481 e. The molecule has 1 atom stereocenters. The number of rotatable bonds is 9. The molecule has 0 radical (unpaired) electrons. The summed E-state index contributed by atoms with van der Waals surface area (Å²) in [4.78, 5) is 43.1. The van der Waals surface area contributed by atoms with Gasteiger partial charge in [-0.3, -0.25) is 19.4 Å². The van der Waals surface area contributed by atoms with Crippen molar-refractivity contribution in [2.45, 2.75) is 57.0 Å². The number of likely N-dealkylation sites (tertiary alicyclic amines) is 1. The standard InChI is InChI=1S/C30H30ClF2N3O5/c31-23-15-20(24(32)17-25(23)35-28(38)27-22-6-2-1-5-18(22)11-12-34-27)16-26(37)30(33,36-13-3-4-14-36)41-21-9-7-19(8-10-21)29(39)40/h1-2,5-6,11-12,15,17,19,21H,3-4,7-10,13-14,16H2,(H,35,38)(H,39,40). The third kappa shape index (κ3) is 6.24. The van der Waals surface area contributed by atoms with Crippen LogP contribution in [0.4, 0.5) is 14.5 Å². The number of carbonyl (C=O) groups excluding carboxylic acids is 2. The van der Waals surface area contributed by atoms with E-state index in [0.717, 1.165) is 11.5 Å². The Bertz CT molecular complexity index is 1470. The number of pyridine rings is 1. The molecule has 2 fully saturated rings. The Labute approximate surface area is 240 Å². The molecule has 1 saturated carbocycles. The first kappa shape index (κ1) is 29.0. The summed E-state index contributed by atoms with van der Waals surface area (Å²) in [7, 11) is 0. The number of alkyl halides is 1. The number of ether oxygens (including phenoxy) is 1. The average molecular weight is 586 g/mol. The van der Waals surface area contributed by atoms with Crippen LogP contribution in [0.15, 0.2) is 48.7 Å². The molecule has 1 aromatic heterocycles. The van der Waals surface area contributed by atoms with Crippen molar-refractivity contribution in [3.05, 3.63) is 70.8 Å². The Morgan fingerprint density at radius 2 is 1.80 bits per heavy atom. The van der Waals surface area contributed by atoms with Crippen LogP contribution in [0.3, 0.4) is 0 Å². The van der Waals surface area contributed by atoms with Gasteiger partial charge in [-0.1, -0.05) is 35.9 Å². The van der Waals surface area contributed by atoms with Crippen molar-refractivity contribution in [1.29, 1.82) is 0 Å². The summed E-state index contributed by atoms with van der Waals surface area (Å²) in [6.07, 6.45) is 2.90. The zero-order valence-electron chi connectivity index (χ0n) is 22.2. The Hall–Kier alpha value is -3.47. The van der Waals surface area contributed by atoms with Gasteiger partial charge in [0.2, 0.25) is 5.78 Å². The van der Waals surface area contributed by atoms with E-state index in [4.69, 9.17) is 16.3 Å². The molecule has 2 N–H and O–H groups in total. The van der Waals surface area contributed by atoms with Gasteiger partial charge in [0.15, 0.2) is 0 Å². The molecule has 11 heteroatoms. The summed E-state index contributed by atoms with van der Waals surface area (Å²) >= 11 is 6.37. The minimum absolute atomic E-state index is 0.0161. The Morgan fingerprint density at radius 1 is 1.10 bits per heavy atom. The summed E-state index contributed by atoms with van der Waals surface area (Å²) in [6.45, 7) is 0.617. The molecule has 41 heavy (non-hydrogen) atoms. The van der Waals surface area contributed by atoms with Crippen molar-refractivity contribution in [2.75, 3.05) is 18.4 Å². The predicted octanol–water partition coefficient (Wildman–Crippen LogP) is 5.77. The molecule has 8 nitrogen and oxygen atoms in total. The summed E-state index contributed by atoms with van der Waals surface area (Å²) < 4.78 is 37.4. The van der Waals surface area contributed by atoms with E-state index in [1.165, 1.54) is 17.2 Å². The third-order valence-electron chi connectivity index (χ3n) is 7.83. The number of aromatic nitrogens is 1. The highest BCUT2D eigenvalue weighted by molar-refractivity contribution is 6.34. The van der Waals surface area contributed by atoms with Crippen molar-refractivity contribution in [3.8, 4) is 0 Å². The first-order chi connectivity index (χ1) is 19.7. The molecule has 3 aromatic rings. The summed E-state index contributed by atoms with van der Waals surface area (Å²) in [5, 5.41) is 13.2. The maximum absolute atomic E-state index is 16.4. The van der Waals surface area contributed by atoms with Crippen LogP contribution in [0.25, 0.3) is 10.8 Å². The van der Waals surface area contributed by atoms with Gasteiger partial charge in [0.25, 0.3) is 5.91 Å².